The first kappa shape index (κ1) is 29.8. The van der Waals surface area contributed by atoms with Crippen LogP contribution >= 0.6 is 35.0 Å². The summed E-state index contributed by atoms with van der Waals surface area (Å²) in [6, 6.07) is 12.0. The minimum absolute atomic E-state index is 0.00639. The molecule has 4 rings (SSSR count). The van der Waals surface area contributed by atoms with Crippen LogP contribution < -0.4 is 4.90 Å². The number of benzene rings is 2. The normalized spacial score (nSPS) is 17.2. The fourth-order valence-corrected chi connectivity index (χ4v) is 6.59. The third-order valence-corrected chi connectivity index (χ3v) is 9.60. The highest BCUT2D eigenvalue weighted by Gasteiger charge is 2.25. The Labute approximate surface area is 245 Å². The van der Waals surface area contributed by atoms with Crippen LogP contribution in [0.3, 0.4) is 0 Å². The van der Waals surface area contributed by atoms with E-state index in [1.807, 2.05) is 42.2 Å². The van der Waals surface area contributed by atoms with Crippen LogP contribution in [0, 0.1) is 11.8 Å². The average Bonchev–Trinajstić information content (AvgIpc) is 2.95. The Morgan fingerprint density at radius 1 is 1.05 bits per heavy atom. The minimum Gasteiger partial charge on any atom is -0.481 e. The summed E-state index contributed by atoms with van der Waals surface area (Å²) in [4.78, 5) is 30.0. The molecule has 0 bridgehead atoms. The molecular formula is C30H36Cl2N2O4S. The number of hydrogen-bond acceptors (Lipinski definition) is 5. The zero-order chi connectivity index (χ0) is 27.8. The van der Waals surface area contributed by atoms with E-state index in [4.69, 9.17) is 27.9 Å². The van der Waals surface area contributed by atoms with Gasteiger partial charge in [-0.1, -0.05) is 47.1 Å². The number of likely N-dealkylation sites (tertiary alicyclic amines) is 1. The van der Waals surface area contributed by atoms with Gasteiger partial charge in [0.1, 0.15) is 0 Å². The fraction of sp³-hybridized carbons (Fsp3) is 0.467. The van der Waals surface area contributed by atoms with E-state index in [2.05, 4.69) is 11.0 Å². The third-order valence-electron chi connectivity index (χ3n) is 7.54. The van der Waals surface area contributed by atoms with Gasteiger partial charge in [-0.2, -0.15) is 0 Å². The summed E-state index contributed by atoms with van der Waals surface area (Å²) in [6.45, 7) is 6.53. The van der Waals surface area contributed by atoms with Crippen LogP contribution in [-0.4, -0.2) is 61.3 Å². The van der Waals surface area contributed by atoms with Gasteiger partial charge >= 0.3 is 5.97 Å². The lowest BCUT2D eigenvalue weighted by Crippen LogP contribution is -2.37. The number of rotatable bonds is 10. The monoisotopic (exact) mass is 590 g/mol. The number of hydrogen-bond donors (Lipinski definition) is 1. The van der Waals surface area contributed by atoms with Crippen molar-refractivity contribution in [3.05, 3.63) is 58.1 Å². The third kappa shape index (κ3) is 8.16. The maximum absolute atomic E-state index is 12.8. The second-order valence-corrected chi connectivity index (χ2v) is 11.9. The van der Waals surface area contributed by atoms with E-state index in [0.29, 0.717) is 34.4 Å². The molecular weight excluding hydrogens is 555 g/mol. The molecule has 0 spiro atoms. The Morgan fingerprint density at radius 2 is 1.79 bits per heavy atom. The smallest absolute Gasteiger partial charge is 0.306 e. The number of piperidine rings is 2. The lowest BCUT2D eigenvalue weighted by molar-refractivity contribution is -0.142. The van der Waals surface area contributed by atoms with E-state index in [1.54, 1.807) is 12.2 Å². The summed E-state index contributed by atoms with van der Waals surface area (Å²) in [5.74, 6) is -0.353. The average molecular weight is 592 g/mol. The van der Waals surface area contributed by atoms with E-state index >= 15 is 0 Å². The van der Waals surface area contributed by atoms with E-state index in [9.17, 15) is 14.7 Å². The summed E-state index contributed by atoms with van der Waals surface area (Å²) < 4.78 is 5.47. The van der Waals surface area contributed by atoms with Crippen LogP contribution in [0.4, 0.5) is 5.69 Å². The standard InChI is InChI=1S/C30H36Cl2N2O4S/c1-2-38-19-14-21-10-15-34(16-11-21)27(35)9-7-22-6-8-26(29(32)28(22)31)39-25-5-3-4-24(20-25)33-17-12-23(13-18-33)30(36)37/h3-9,20-21,23H,2,10-19H2,1H3,(H,36,37)/b9-7+. The Bertz CT molecular complexity index is 1180. The summed E-state index contributed by atoms with van der Waals surface area (Å²) in [7, 11) is 0. The molecule has 1 N–H and O–H groups in total. The predicted octanol–water partition coefficient (Wildman–Crippen LogP) is 7.12. The highest BCUT2D eigenvalue weighted by atomic mass is 35.5. The predicted molar refractivity (Wildman–Crippen MR) is 159 cm³/mol. The Kier molecular flexibility index (Phi) is 11.0. The van der Waals surface area contributed by atoms with Crippen molar-refractivity contribution in [1.29, 1.82) is 0 Å². The van der Waals surface area contributed by atoms with Gasteiger partial charge in [-0.15, -0.1) is 0 Å². The molecule has 39 heavy (non-hydrogen) atoms. The van der Waals surface area contributed by atoms with Gasteiger partial charge in [0.25, 0.3) is 0 Å². The molecule has 0 aromatic heterocycles. The molecule has 2 aliphatic heterocycles. The molecule has 0 radical (unpaired) electrons. The van der Waals surface area contributed by atoms with Crippen molar-refractivity contribution in [2.24, 2.45) is 11.8 Å². The number of carbonyl (C=O) groups excluding carboxylic acids is 1. The Hall–Kier alpha value is -2.19. The number of ether oxygens (including phenoxy) is 1. The van der Waals surface area contributed by atoms with Crippen molar-refractivity contribution < 1.29 is 19.4 Å². The van der Waals surface area contributed by atoms with Crippen LogP contribution in [0.2, 0.25) is 10.0 Å². The van der Waals surface area contributed by atoms with Crippen molar-refractivity contribution in [3.8, 4) is 0 Å². The molecule has 0 aliphatic carbocycles. The first-order valence-corrected chi connectivity index (χ1v) is 15.2. The van der Waals surface area contributed by atoms with Crippen LogP contribution in [0.5, 0.6) is 0 Å². The largest absolute Gasteiger partial charge is 0.481 e. The van der Waals surface area contributed by atoms with Gasteiger partial charge in [0.2, 0.25) is 5.91 Å². The van der Waals surface area contributed by atoms with Crippen molar-refractivity contribution in [1.82, 2.24) is 4.90 Å². The minimum atomic E-state index is -0.707. The fourth-order valence-electron chi connectivity index (χ4n) is 5.11. The van der Waals surface area contributed by atoms with Gasteiger partial charge in [0, 0.05) is 60.9 Å². The zero-order valence-corrected chi connectivity index (χ0v) is 24.6. The van der Waals surface area contributed by atoms with E-state index < -0.39 is 5.97 Å². The van der Waals surface area contributed by atoms with Gasteiger partial charge < -0.3 is 19.6 Å². The van der Waals surface area contributed by atoms with Crippen molar-refractivity contribution in [3.63, 3.8) is 0 Å². The van der Waals surface area contributed by atoms with E-state index in [0.717, 1.165) is 74.1 Å². The number of aliphatic carboxylic acids is 1. The molecule has 9 heteroatoms. The second-order valence-electron chi connectivity index (χ2n) is 10.1. The molecule has 2 saturated heterocycles. The second kappa shape index (κ2) is 14.4. The summed E-state index contributed by atoms with van der Waals surface area (Å²) in [5, 5.41) is 10.1. The molecule has 0 atom stereocenters. The van der Waals surface area contributed by atoms with Gasteiger partial charge in [-0.25, -0.2) is 0 Å². The van der Waals surface area contributed by atoms with Gasteiger partial charge in [-0.3, -0.25) is 9.59 Å². The van der Waals surface area contributed by atoms with Crippen molar-refractivity contribution >= 4 is 58.6 Å². The van der Waals surface area contributed by atoms with Gasteiger partial charge in [0.05, 0.1) is 16.0 Å². The van der Waals surface area contributed by atoms with Crippen molar-refractivity contribution in [2.75, 3.05) is 44.3 Å². The molecule has 210 valence electrons. The van der Waals surface area contributed by atoms with Crippen LogP contribution in [0.1, 0.15) is 44.6 Å². The van der Waals surface area contributed by atoms with E-state index in [1.165, 1.54) is 11.8 Å². The topological polar surface area (TPSA) is 70.1 Å². The van der Waals surface area contributed by atoms with E-state index in [-0.39, 0.29) is 11.8 Å². The Morgan fingerprint density at radius 3 is 2.49 bits per heavy atom. The molecule has 2 aliphatic rings. The zero-order valence-electron chi connectivity index (χ0n) is 22.3. The lowest BCUT2D eigenvalue weighted by atomic mass is 9.94. The Balaban J connectivity index is 1.34. The number of nitrogens with zero attached hydrogens (tertiary/aromatic N) is 2. The first-order chi connectivity index (χ1) is 18.9. The molecule has 0 saturated carbocycles. The number of carboxylic acids is 1. The molecule has 2 heterocycles. The molecule has 2 fully saturated rings. The SMILES string of the molecule is CCOCCC1CCN(C(=O)/C=C/c2ccc(Sc3cccc(N4CCC(C(=O)O)CC4)c3)c(Cl)c2Cl)CC1. The number of amides is 1. The molecule has 0 unspecified atom stereocenters. The molecule has 1 amide bonds. The quantitative estimate of drug-likeness (QED) is 0.234. The highest BCUT2D eigenvalue weighted by Crippen LogP contribution is 2.40. The summed E-state index contributed by atoms with van der Waals surface area (Å²) >= 11 is 14.8. The van der Waals surface area contributed by atoms with Crippen molar-refractivity contribution in [2.45, 2.75) is 48.8 Å². The lowest BCUT2D eigenvalue weighted by Gasteiger charge is -2.32. The number of anilines is 1. The van der Waals surface area contributed by atoms with Gasteiger partial charge in [0.15, 0.2) is 0 Å². The molecule has 2 aromatic rings. The van der Waals surface area contributed by atoms with Gasteiger partial charge in [-0.05, 0) is 80.9 Å². The molecule has 6 nitrogen and oxygen atoms in total. The number of carbonyl (C=O) groups is 2. The number of halogens is 2. The summed E-state index contributed by atoms with van der Waals surface area (Å²) in [6.07, 6.45) is 7.70. The highest BCUT2D eigenvalue weighted by molar-refractivity contribution is 7.99. The van der Waals surface area contributed by atoms with Crippen LogP contribution in [-0.2, 0) is 14.3 Å². The maximum Gasteiger partial charge on any atom is 0.306 e. The maximum atomic E-state index is 12.8. The van der Waals surface area contributed by atoms with Crippen LogP contribution in [0.15, 0.2) is 52.3 Å². The van der Waals surface area contributed by atoms with Crippen LogP contribution in [0.25, 0.3) is 6.08 Å². The first-order valence-electron chi connectivity index (χ1n) is 13.6. The molecule has 2 aromatic carbocycles. The number of carboxylic acid groups (broad SMARTS) is 1. The summed E-state index contributed by atoms with van der Waals surface area (Å²) in [5.41, 5.74) is 1.78.